The minimum Gasteiger partial charge on any atom is -0.496 e. The quantitative estimate of drug-likeness (QED) is 0.279. The fraction of sp³-hybridized carbons (Fsp3) is 0.226. The number of methoxy groups -OCH3 is 3. The number of esters is 1. The number of hydrogen-bond donors (Lipinski definition) is 0. The van der Waals surface area contributed by atoms with Crippen molar-refractivity contribution in [3.05, 3.63) is 82.1 Å². The average Bonchev–Trinajstić information content (AvgIpc) is 3.29. The van der Waals surface area contributed by atoms with Crippen LogP contribution >= 0.6 is 11.6 Å². The Morgan fingerprint density at radius 3 is 2.40 bits per heavy atom. The summed E-state index contributed by atoms with van der Waals surface area (Å²) in [4.78, 5) is 45.5. The highest BCUT2D eigenvalue weighted by Crippen LogP contribution is 2.57. The van der Waals surface area contributed by atoms with Crippen molar-refractivity contribution in [2.24, 2.45) is 5.92 Å². The van der Waals surface area contributed by atoms with Gasteiger partial charge in [-0.25, -0.2) is 9.78 Å². The monoisotopic (exact) mass is 557 g/mol. The van der Waals surface area contributed by atoms with Gasteiger partial charge in [-0.05, 0) is 34.0 Å². The number of aromatic nitrogens is 1. The van der Waals surface area contributed by atoms with Crippen molar-refractivity contribution >= 4 is 39.9 Å². The number of hydrogen-bond acceptors (Lipinski definition) is 8. The molecule has 1 spiro atoms. The molecule has 2 atom stereocenters. The van der Waals surface area contributed by atoms with Crippen LogP contribution in [-0.2, 0) is 10.3 Å². The highest BCUT2D eigenvalue weighted by molar-refractivity contribution is 6.35. The molecular formula is C31H24ClNO7. The lowest BCUT2D eigenvalue weighted by atomic mass is 9.70. The third kappa shape index (κ3) is 3.52. The highest BCUT2D eigenvalue weighted by Gasteiger charge is 2.61. The van der Waals surface area contributed by atoms with Crippen molar-refractivity contribution in [3.63, 3.8) is 0 Å². The predicted molar refractivity (Wildman–Crippen MR) is 148 cm³/mol. The van der Waals surface area contributed by atoms with Gasteiger partial charge in [-0.2, -0.15) is 0 Å². The van der Waals surface area contributed by atoms with Crippen molar-refractivity contribution in [2.45, 2.75) is 18.9 Å². The summed E-state index contributed by atoms with van der Waals surface area (Å²) < 4.78 is 22.4. The Morgan fingerprint density at radius 1 is 0.975 bits per heavy atom. The number of rotatable bonds is 4. The molecule has 1 aromatic heterocycles. The van der Waals surface area contributed by atoms with E-state index >= 15 is 0 Å². The number of Topliss-reactive ketones (excluding diaryl/α,β-unsaturated/α-hetero) is 2. The summed E-state index contributed by atoms with van der Waals surface area (Å²) in [5.41, 5.74) is -0.294. The molecule has 0 unspecified atom stereocenters. The fourth-order valence-electron chi connectivity index (χ4n) is 5.73. The summed E-state index contributed by atoms with van der Waals surface area (Å²) in [5.74, 6) is -1.51. The number of carbonyl (C=O) groups excluding carboxylic acids is 3. The molecular weight excluding hydrogens is 534 g/mol. The molecule has 2 aliphatic rings. The van der Waals surface area contributed by atoms with E-state index in [9.17, 15) is 14.4 Å². The molecule has 0 fully saturated rings. The van der Waals surface area contributed by atoms with Gasteiger partial charge in [0.05, 0.1) is 26.9 Å². The van der Waals surface area contributed by atoms with Gasteiger partial charge in [0.1, 0.15) is 33.5 Å². The molecule has 9 heteroatoms. The van der Waals surface area contributed by atoms with Gasteiger partial charge in [0.2, 0.25) is 11.4 Å². The second kappa shape index (κ2) is 9.34. The summed E-state index contributed by atoms with van der Waals surface area (Å²) in [6, 6.07) is 16.6. The zero-order valence-corrected chi connectivity index (χ0v) is 22.9. The maximum atomic E-state index is 14.4. The Morgan fingerprint density at radius 2 is 1.70 bits per heavy atom. The molecule has 1 aliphatic carbocycles. The van der Waals surface area contributed by atoms with E-state index < -0.39 is 23.3 Å². The molecule has 0 N–H and O–H groups in total. The van der Waals surface area contributed by atoms with E-state index in [1.807, 2.05) is 42.5 Å². The van der Waals surface area contributed by atoms with Crippen molar-refractivity contribution < 1.29 is 33.3 Å². The third-order valence-corrected chi connectivity index (χ3v) is 8.07. The molecule has 0 amide bonds. The first-order valence-electron chi connectivity index (χ1n) is 12.6. The molecule has 202 valence electrons. The van der Waals surface area contributed by atoms with Gasteiger partial charge in [-0.15, -0.1) is 0 Å². The molecule has 0 bridgehead atoms. The lowest BCUT2D eigenvalue weighted by Gasteiger charge is -2.38. The van der Waals surface area contributed by atoms with Gasteiger partial charge >= 0.3 is 5.97 Å². The average molecular weight is 558 g/mol. The number of benzene rings is 3. The van der Waals surface area contributed by atoms with E-state index in [-0.39, 0.29) is 57.0 Å². The Bertz CT molecular complexity index is 1760. The predicted octanol–water partition coefficient (Wildman–Crippen LogP) is 6.05. The molecule has 0 radical (unpaired) electrons. The van der Waals surface area contributed by atoms with Gasteiger partial charge in [0.25, 0.3) is 0 Å². The first-order chi connectivity index (χ1) is 19.2. The number of carbonyl (C=O) groups is 3. The SMILES string of the molecule is COC(=O)c1cc(-c2ccc3ccccc3c2)c2c(n1)[C@@]1(Oc3c(Cl)c(OC)cc(OC)c3C1=O)[C@H](C)CC2=O. The van der Waals surface area contributed by atoms with E-state index in [0.717, 1.165) is 10.8 Å². The summed E-state index contributed by atoms with van der Waals surface area (Å²) in [5, 5.41) is 2.05. The summed E-state index contributed by atoms with van der Waals surface area (Å²) in [6.45, 7) is 1.74. The molecule has 40 heavy (non-hydrogen) atoms. The fourth-order valence-corrected chi connectivity index (χ4v) is 5.99. The molecule has 0 saturated carbocycles. The normalized spacial score (nSPS) is 19.3. The molecule has 0 saturated heterocycles. The largest absolute Gasteiger partial charge is 0.496 e. The number of ketones is 2. The van der Waals surface area contributed by atoms with Crippen LogP contribution in [0.15, 0.2) is 54.6 Å². The summed E-state index contributed by atoms with van der Waals surface area (Å²) >= 11 is 6.62. The van der Waals surface area contributed by atoms with E-state index in [2.05, 4.69) is 4.98 Å². The van der Waals surface area contributed by atoms with E-state index in [4.69, 9.17) is 30.5 Å². The van der Waals surface area contributed by atoms with E-state index in [1.54, 1.807) is 6.92 Å². The zero-order chi connectivity index (χ0) is 28.3. The Kier molecular flexibility index (Phi) is 6.03. The maximum absolute atomic E-state index is 14.4. The molecule has 6 rings (SSSR count). The minimum atomic E-state index is -1.75. The second-order valence-electron chi connectivity index (χ2n) is 9.83. The second-order valence-corrected chi connectivity index (χ2v) is 10.2. The smallest absolute Gasteiger partial charge is 0.356 e. The molecule has 3 aromatic carbocycles. The van der Waals surface area contributed by atoms with E-state index in [0.29, 0.717) is 11.1 Å². The van der Waals surface area contributed by atoms with Crippen LogP contribution in [0, 0.1) is 5.92 Å². The van der Waals surface area contributed by atoms with Crippen LogP contribution < -0.4 is 14.2 Å². The lowest BCUT2D eigenvalue weighted by Crippen LogP contribution is -2.49. The first kappa shape index (κ1) is 25.8. The van der Waals surface area contributed by atoms with Crippen LogP contribution in [-0.4, -0.2) is 43.8 Å². The van der Waals surface area contributed by atoms with Crippen molar-refractivity contribution in [1.82, 2.24) is 4.98 Å². The number of ether oxygens (including phenoxy) is 4. The van der Waals surface area contributed by atoms with Crippen LogP contribution in [0.5, 0.6) is 17.2 Å². The lowest BCUT2D eigenvalue weighted by molar-refractivity contribution is 0.0190. The van der Waals surface area contributed by atoms with Crippen molar-refractivity contribution in [3.8, 4) is 28.4 Å². The zero-order valence-electron chi connectivity index (χ0n) is 22.2. The number of halogens is 1. The molecule has 4 aromatic rings. The molecule has 2 heterocycles. The minimum absolute atomic E-state index is 0.00360. The summed E-state index contributed by atoms with van der Waals surface area (Å²) in [7, 11) is 4.11. The maximum Gasteiger partial charge on any atom is 0.356 e. The van der Waals surface area contributed by atoms with Crippen LogP contribution in [0.25, 0.3) is 21.9 Å². The number of fused-ring (bicyclic) bond motifs is 4. The molecule has 1 aliphatic heterocycles. The topological polar surface area (TPSA) is 101 Å². The summed E-state index contributed by atoms with van der Waals surface area (Å²) in [6.07, 6.45) is 0.00360. The van der Waals surface area contributed by atoms with Gasteiger partial charge in [0.15, 0.2) is 11.5 Å². The van der Waals surface area contributed by atoms with E-state index in [1.165, 1.54) is 33.5 Å². The Balaban J connectivity index is 1.67. The van der Waals surface area contributed by atoms with Crippen LogP contribution in [0.4, 0.5) is 0 Å². The van der Waals surface area contributed by atoms with Gasteiger partial charge in [-0.1, -0.05) is 54.9 Å². The number of nitrogens with zero attached hydrogens (tertiary/aromatic N) is 1. The third-order valence-electron chi connectivity index (χ3n) is 7.71. The van der Waals surface area contributed by atoms with Crippen molar-refractivity contribution in [1.29, 1.82) is 0 Å². The Labute approximate surface area is 234 Å². The molecule has 8 nitrogen and oxygen atoms in total. The van der Waals surface area contributed by atoms with Gasteiger partial charge in [0, 0.05) is 18.4 Å². The van der Waals surface area contributed by atoms with Gasteiger partial charge < -0.3 is 18.9 Å². The van der Waals surface area contributed by atoms with Crippen LogP contribution in [0.2, 0.25) is 5.02 Å². The van der Waals surface area contributed by atoms with Gasteiger partial charge in [-0.3, -0.25) is 9.59 Å². The first-order valence-corrected chi connectivity index (χ1v) is 13.0. The standard InChI is InChI=1S/C31H24ClNO7/c1-15-11-21(34)24-19(18-10-9-16-7-5-6-8-17(16)12-18)13-20(30(36)39-4)33-28(24)31(15)29(35)25-22(37-2)14-23(38-3)26(32)27(25)40-31/h5-10,12-15H,11H2,1-4H3/t15-,31+/m1/s1. The van der Waals surface area contributed by atoms with Crippen molar-refractivity contribution in [2.75, 3.05) is 21.3 Å². The van der Waals surface area contributed by atoms with Crippen LogP contribution in [0.1, 0.15) is 50.2 Å². The number of pyridine rings is 1. The Hall–Kier alpha value is -4.43. The highest BCUT2D eigenvalue weighted by atomic mass is 35.5. The van der Waals surface area contributed by atoms with Crippen LogP contribution in [0.3, 0.4) is 0 Å².